The van der Waals surface area contributed by atoms with Crippen LogP contribution in [0.2, 0.25) is 0 Å². The molecule has 2 rings (SSSR count). The highest BCUT2D eigenvalue weighted by molar-refractivity contribution is 6.35. The van der Waals surface area contributed by atoms with E-state index in [4.69, 9.17) is 17.3 Å². The van der Waals surface area contributed by atoms with Gasteiger partial charge in [0.05, 0.1) is 0 Å². The Labute approximate surface area is 70.4 Å². The fourth-order valence-corrected chi connectivity index (χ4v) is 2.44. The monoisotopic (exact) mass is 171 g/mol. The SMILES string of the molecule is NC(=O)C1(Cl)C[C@H]2C=C[C@@H]1C2. The van der Waals surface area contributed by atoms with Gasteiger partial charge < -0.3 is 5.73 Å². The molecule has 1 unspecified atom stereocenters. The molecule has 0 aromatic rings. The van der Waals surface area contributed by atoms with Crippen LogP contribution in [-0.4, -0.2) is 10.8 Å². The molecule has 60 valence electrons. The lowest BCUT2D eigenvalue weighted by molar-refractivity contribution is -0.121. The molecule has 2 bridgehead atoms. The van der Waals surface area contributed by atoms with Crippen molar-refractivity contribution in [3.8, 4) is 0 Å². The summed E-state index contributed by atoms with van der Waals surface area (Å²) >= 11 is 6.08. The Morgan fingerprint density at radius 1 is 1.64 bits per heavy atom. The molecule has 2 nitrogen and oxygen atoms in total. The number of fused-ring (bicyclic) bond motifs is 2. The summed E-state index contributed by atoms with van der Waals surface area (Å²) < 4.78 is 0. The van der Waals surface area contributed by atoms with Crippen LogP contribution in [0.1, 0.15) is 12.8 Å². The molecule has 0 aliphatic heterocycles. The van der Waals surface area contributed by atoms with E-state index >= 15 is 0 Å². The van der Waals surface area contributed by atoms with Gasteiger partial charge in [-0.3, -0.25) is 4.79 Å². The quantitative estimate of drug-likeness (QED) is 0.465. The summed E-state index contributed by atoms with van der Waals surface area (Å²) in [6.07, 6.45) is 5.89. The molecule has 1 fully saturated rings. The first kappa shape index (κ1) is 7.17. The lowest BCUT2D eigenvalue weighted by Crippen LogP contribution is -2.41. The second kappa shape index (κ2) is 2.01. The lowest BCUT2D eigenvalue weighted by Gasteiger charge is -2.24. The Bertz CT molecular complexity index is 238. The van der Waals surface area contributed by atoms with Crippen molar-refractivity contribution in [3.63, 3.8) is 0 Å². The van der Waals surface area contributed by atoms with Crippen LogP contribution < -0.4 is 5.73 Å². The van der Waals surface area contributed by atoms with Crippen molar-refractivity contribution in [1.29, 1.82) is 0 Å². The highest BCUT2D eigenvalue weighted by atomic mass is 35.5. The number of rotatable bonds is 1. The molecule has 0 heterocycles. The maximum atomic E-state index is 11.0. The maximum absolute atomic E-state index is 11.0. The minimum Gasteiger partial charge on any atom is -0.368 e. The number of hydrogen-bond acceptors (Lipinski definition) is 1. The van der Waals surface area contributed by atoms with Crippen molar-refractivity contribution in [2.75, 3.05) is 0 Å². The van der Waals surface area contributed by atoms with E-state index in [0.717, 1.165) is 12.8 Å². The molecular weight excluding hydrogens is 162 g/mol. The van der Waals surface area contributed by atoms with Crippen LogP contribution in [0.25, 0.3) is 0 Å². The van der Waals surface area contributed by atoms with Crippen molar-refractivity contribution < 1.29 is 4.79 Å². The number of primary amides is 1. The van der Waals surface area contributed by atoms with E-state index in [0.29, 0.717) is 5.92 Å². The van der Waals surface area contributed by atoms with Gasteiger partial charge in [-0.2, -0.15) is 0 Å². The predicted molar refractivity (Wildman–Crippen MR) is 43.1 cm³/mol. The molecule has 11 heavy (non-hydrogen) atoms. The Hall–Kier alpha value is -0.500. The third-order valence-electron chi connectivity index (χ3n) is 2.73. The number of hydrogen-bond donors (Lipinski definition) is 1. The van der Waals surface area contributed by atoms with E-state index in [2.05, 4.69) is 6.08 Å². The Morgan fingerprint density at radius 2 is 2.36 bits per heavy atom. The summed E-state index contributed by atoms with van der Waals surface area (Å²) in [5.41, 5.74) is 5.21. The van der Waals surface area contributed by atoms with Gasteiger partial charge in [0.2, 0.25) is 5.91 Å². The second-order valence-electron chi connectivity index (χ2n) is 3.42. The van der Waals surface area contributed by atoms with Gasteiger partial charge in [-0.25, -0.2) is 0 Å². The zero-order chi connectivity index (χ0) is 8.06. The Balaban J connectivity index is 2.30. The van der Waals surface area contributed by atoms with Crippen LogP contribution >= 0.6 is 11.6 Å². The zero-order valence-corrected chi connectivity index (χ0v) is 6.84. The largest absolute Gasteiger partial charge is 0.368 e. The summed E-state index contributed by atoms with van der Waals surface area (Å²) in [4.78, 5) is 10.2. The van der Waals surface area contributed by atoms with Gasteiger partial charge in [0.15, 0.2) is 0 Å². The van der Waals surface area contributed by atoms with Crippen LogP contribution in [0.5, 0.6) is 0 Å². The first-order chi connectivity index (χ1) is 5.13. The molecule has 0 spiro atoms. The minimum atomic E-state index is -0.764. The molecule has 0 aromatic heterocycles. The molecule has 2 aliphatic rings. The fourth-order valence-electron chi connectivity index (χ4n) is 2.08. The highest BCUT2D eigenvalue weighted by Crippen LogP contribution is 2.49. The molecule has 3 heteroatoms. The number of alkyl halides is 1. The molecule has 1 saturated carbocycles. The van der Waals surface area contributed by atoms with Crippen molar-refractivity contribution in [2.24, 2.45) is 17.6 Å². The maximum Gasteiger partial charge on any atom is 0.239 e. The summed E-state index contributed by atoms with van der Waals surface area (Å²) in [6, 6.07) is 0. The van der Waals surface area contributed by atoms with Crippen LogP contribution in [0.15, 0.2) is 12.2 Å². The molecule has 2 N–H and O–H groups in total. The topological polar surface area (TPSA) is 43.1 Å². The molecule has 1 amide bonds. The third-order valence-corrected chi connectivity index (χ3v) is 3.35. The second-order valence-corrected chi connectivity index (χ2v) is 4.09. The van der Waals surface area contributed by atoms with Crippen LogP contribution in [0.3, 0.4) is 0 Å². The molecule has 0 saturated heterocycles. The van der Waals surface area contributed by atoms with Crippen LogP contribution in [-0.2, 0) is 4.79 Å². The van der Waals surface area contributed by atoms with Gasteiger partial charge in [0, 0.05) is 5.92 Å². The number of amides is 1. The number of allylic oxidation sites excluding steroid dienone is 2. The number of nitrogens with two attached hydrogens (primary N) is 1. The first-order valence-corrected chi connectivity index (χ1v) is 4.18. The van der Waals surface area contributed by atoms with Crippen LogP contribution in [0, 0.1) is 11.8 Å². The van der Waals surface area contributed by atoms with Gasteiger partial charge in [-0.1, -0.05) is 12.2 Å². The molecule has 0 aromatic carbocycles. The zero-order valence-electron chi connectivity index (χ0n) is 6.09. The first-order valence-electron chi connectivity index (χ1n) is 3.80. The van der Waals surface area contributed by atoms with Gasteiger partial charge in [0.25, 0.3) is 0 Å². The summed E-state index contributed by atoms with van der Waals surface area (Å²) in [6.45, 7) is 0. The van der Waals surface area contributed by atoms with E-state index in [1.807, 2.05) is 6.08 Å². The van der Waals surface area contributed by atoms with Crippen LogP contribution in [0.4, 0.5) is 0 Å². The summed E-state index contributed by atoms with van der Waals surface area (Å²) in [5, 5.41) is 0. The standard InChI is InChI=1S/C8H10ClNO/c9-8(7(10)11)4-5-1-2-6(8)3-5/h1-2,5-6H,3-4H2,(H2,10,11)/t5-,6+,8?/m0/s1. The van der Waals surface area contributed by atoms with E-state index in [1.54, 1.807) is 0 Å². The molecule has 2 aliphatic carbocycles. The Morgan fingerprint density at radius 3 is 2.64 bits per heavy atom. The Kier molecular flexibility index (Phi) is 1.31. The predicted octanol–water partition coefficient (Wildman–Crippen LogP) is 1.05. The average molecular weight is 172 g/mol. The van der Waals surface area contributed by atoms with Gasteiger partial charge in [0.1, 0.15) is 4.87 Å². The molecular formula is C8H10ClNO. The van der Waals surface area contributed by atoms with Gasteiger partial charge in [-0.15, -0.1) is 11.6 Å². The fraction of sp³-hybridized carbons (Fsp3) is 0.625. The smallest absolute Gasteiger partial charge is 0.239 e. The van der Waals surface area contributed by atoms with Crippen molar-refractivity contribution in [2.45, 2.75) is 17.7 Å². The van der Waals surface area contributed by atoms with E-state index in [-0.39, 0.29) is 11.8 Å². The van der Waals surface area contributed by atoms with E-state index < -0.39 is 4.87 Å². The molecule has 0 radical (unpaired) electrons. The third kappa shape index (κ3) is 0.822. The number of halogens is 1. The number of carbonyl (C=O) groups is 1. The van der Waals surface area contributed by atoms with Gasteiger partial charge >= 0.3 is 0 Å². The van der Waals surface area contributed by atoms with Gasteiger partial charge in [-0.05, 0) is 18.8 Å². The van der Waals surface area contributed by atoms with Crippen molar-refractivity contribution in [3.05, 3.63) is 12.2 Å². The van der Waals surface area contributed by atoms with E-state index in [1.165, 1.54) is 0 Å². The minimum absolute atomic E-state index is 0.187. The normalized spacial score (nSPS) is 46.6. The lowest BCUT2D eigenvalue weighted by atomic mass is 9.92. The van der Waals surface area contributed by atoms with Crippen molar-refractivity contribution >= 4 is 17.5 Å². The number of carbonyl (C=O) groups excluding carboxylic acids is 1. The summed E-state index contributed by atoms with van der Waals surface area (Å²) in [7, 11) is 0. The average Bonchev–Trinajstić information content (AvgIpc) is 2.45. The van der Waals surface area contributed by atoms with Crippen molar-refractivity contribution in [1.82, 2.24) is 0 Å². The van der Waals surface area contributed by atoms with E-state index in [9.17, 15) is 4.79 Å². The molecule has 3 atom stereocenters. The summed E-state index contributed by atoms with van der Waals surface area (Å²) in [5.74, 6) is 0.313. The highest BCUT2D eigenvalue weighted by Gasteiger charge is 2.51.